The molecule has 2 N–H and O–H groups in total. The molecule has 0 bridgehead atoms. The lowest BCUT2D eigenvalue weighted by Gasteiger charge is -2.31. The van der Waals surface area contributed by atoms with Gasteiger partial charge in [-0.05, 0) is 37.8 Å². The summed E-state index contributed by atoms with van der Waals surface area (Å²) in [4.78, 5) is 16.5. The zero-order valence-corrected chi connectivity index (χ0v) is 15.7. The predicted molar refractivity (Wildman–Crippen MR) is 105 cm³/mol. The van der Waals surface area contributed by atoms with Crippen LogP contribution in [0.15, 0.2) is 52.5 Å². The number of hydrogen-bond donors (Lipinski definition) is 2. The third kappa shape index (κ3) is 4.61. The van der Waals surface area contributed by atoms with E-state index < -0.39 is 0 Å². The zero-order chi connectivity index (χ0) is 18.5. The summed E-state index contributed by atoms with van der Waals surface area (Å²) in [5, 5.41) is 13.1. The first-order chi connectivity index (χ1) is 13.3. The van der Waals surface area contributed by atoms with Gasteiger partial charge < -0.3 is 15.2 Å². The summed E-state index contributed by atoms with van der Waals surface area (Å²) in [5.41, 5.74) is 1.96. The number of carbonyl (C=O) groups excluding carboxylic acids is 1. The first-order valence-electron chi connectivity index (χ1n) is 9.19. The van der Waals surface area contributed by atoms with Crippen LogP contribution in [0, 0.1) is 11.8 Å². The Balaban J connectivity index is 1.39. The maximum absolute atomic E-state index is 12.4. The summed E-state index contributed by atoms with van der Waals surface area (Å²) in [6.45, 7) is 1.84. The Kier molecular flexibility index (Phi) is 5.60. The van der Waals surface area contributed by atoms with E-state index in [1.807, 2.05) is 41.8 Å². The minimum absolute atomic E-state index is 0.0342. The molecule has 1 amide bonds. The molecule has 2 atom stereocenters. The van der Waals surface area contributed by atoms with Gasteiger partial charge in [0, 0.05) is 29.6 Å². The maximum Gasteiger partial charge on any atom is 0.226 e. The lowest BCUT2D eigenvalue weighted by Crippen LogP contribution is -2.39. The number of thiazole rings is 1. The summed E-state index contributed by atoms with van der Waals surface area (Å²) in [6, 6.07) is 12.0. The molecule has 6 nitrogen and oxygen atoms in total. The number of carbonyl (C=O) groups is 1. The van der Waals surface area contributed by atoms with Crippen molar-refractivity contribution >= 4 is 22.4 Å². The summed E-state index contributed by atoms with van der Waals surface area (Å²) in [7, 11) is 0. The van der Waals surface area contributed by atoms with Gasteiger partial charge in [0.25, 0.3) is 0 Å². The fourth-order valence-corrected chi connectivity index (χ4v) is 4.14. The summed E-state index contributed by atoms with van der Waals surface area (Å²) < 4.78 is 5.52. The van der Waals surface area contributed by atoms with Crippen LogP contribution in [0.5, 0.6) is 0 Å². The van der Waals surface area contributed by atoms with Gasteiger partial charge in [-0.15, -0.1) is 11.3 Å². The van der Waals surface area contributed by atoms with Gasteiger partial charge in [0.1, 0.15) is 0 Å². The molecule has 3 heterocycles. The number of hydrogen-bond acceptors (Lipinski definition) is 6. The number of nitrogens with one attached hydrogen (secondary N) is 2. The number of benzene rings is 1. The topological polar surface area (TPSA) is 80.0 Å². The van der Waals surface area contributed by atoms with Crippen LogP contribution >= 0.6 is 11.3 Å². The second-order valence-corrected chi connectivity index (χ2v) is 7.75. The summed E-state index contributed by atoms with van der Waals surface area (Å²) >= 11 is 1.44. The van der Waals surface area contributed by atoms with Gasteiger partial charge in [-0.3, -0.25) is 4.79 Å². The molecule has 27 heavy (non-hydrogen) atoms. The van der Waals surface area contributed by atoms with Crippen LogP contribution < -0.4 is 10.6 Å². The number of aromatic nitrogens is 2. The van der Waals surface area contributed by atoms with Crippen LogP contribution in [0.4, 0.5) is 5.13 Å². The molecule has 140 valence electrons. The van der Waals surface area contributed by atoms with Gasteiger partial charge in [0.05, 0.1) is 5.69 Å². The number of anilines is 1. The highest BCUT2D eigenvalue weighted by atomic mass is 32.1. The quantitative estimate of drug-likeness (QED) is 0.681. The Bertz CT molecular complexity index is 863. The second kappa shape index (κ2) is 8.45. The van der Waals surface area contributed by atoms with Crippen molar-refractivity contribution in [2.45, 2.75) is 19.3 Å². The highest BCUT2D eigenvalue weighted by molar-refractivity contribution is 7.13. The number of nitrogens with zero attached hydrogens (tertiary/aromatic N) is 2. The summed E-state index contributed by atoms with van der Waals surface area (Å²) in [6.07, 6.45) is 4.00. The van der Waals surface area contributed by atoms with Crippen molar-refractivity contribution in [3.8, 4) is 11.3 Å². The highest BCUT2D eigenvalue weighted by Gasteiger charge is 2.28. The Morgan fingerprint density at radius 2 is 2.19 bits per heavy atom. The molecule has 2 aromatic heterocycles. The lowest BCUT2D eigenvalue weighted by molar-refractivity contribution is -0.117. The SMILES string of the molecule is O=C(C[C@@H]1CCNC[C@H]1Cc1cc(-c2ccccc2)on1)Nc1nccs1. The van der Waals surface area contributed by atoms with Gasteiger partial charge in [0.2, 0.25) is 5.91 Å². The van der Waals surface area contributed by atoms with Crippen LogP contribution in [-0.2, 0) is 11.2 Å². The molecule has 0 saturated carbocycles. The monoisotopic (exact) mass is 382 g/mol. The Morgan fingerprint density at radius 1 is 1.30 bits per heavy atom. The molecule has 3 aromatic rings. The van der Waals surface area contributed by atoms with E-state index in [4.69, 9.17) is 4.52 Å². The third-order valence-electron chi connectivity index (χ3n) is 4.98. The van der Waals surface area contributed by atoms with Crippen molar-refractivity contribution in [1.29, 1.82) is 0 Å². The molecule has 1 aliphatic heterocycles. The third-order valence-corrected chi connectivity index (χ3v) is 5.67. The van der Waals surface area contributed by atoms with E-state index in [1.54, 1.807) is 6.20 Å². The van der Waals surface area contributed by atoms with E-state index in [0.29, 0.717) is 23.4 Å². The lowest BCUT2D eigenvalue weighted by atomic mass is 9.81. The average Bonchev–Trinajstić information content (AvgIpc) is 3.36. The van der Waals surface area contributed by atoms with Gasteiger partial charge in [-0.25, -0.2) is 4.98 Å². The highest BCUT2D eigenvalue weighted by Crippen LogP contribution is 2.28. The van der Waals surface area contributed by atoms with Crippen LogP contribution in [0.2, 0.25) is 0 Å². The van der Waals surface area contributed by atoms with Crippen molar-refractivity contribution in [2.24, 2.45) is 11.8 Å². The van der Waals surface area contributed by atoms with E-state index in [2.05, 4.69) is 20.8 Å². The largest absolute Gasteiger partial charge is 0.356 e. The molecule has 1 saturated heterocycles. The van der Waals surface area contributed by atoms with Crippen molar-refractivity contribution in [2.75, 3.05) is 18.4 Å². The Hall–Kier alpha value is -2.51. The normalized spacial score (nSPS) is 19.7. The van der Waals surface area contributed by atoms with E-state index in [9.17, 15) is 4.79 Å². The first-order valence-corrected chi connectivity index (χ1v) is 10.1. The van der Waals surface area contributed by atoms with Crippen molar-refractivity contribution in [3.05, 3.63) is 53.7 Å². The van der Waals surface area contributed by atoms with Gasteiger partial charge in [-0.1, -0.05) is 35.5 Å². The van der Waals surface area contributed by atoms with Gasteiger partial charge in [0.15, 0.2) is 10.9 Å². The van der Waals surface area contributed by atoms with Gasteiger partial charge >= 0.3 is 0 Å². The van der Waals surface area contributed by atoms with Crippen LogP contribution in [-0.4, -0.2) is 29.1 Å². The van der Waals surface area contributed by atoms with E-state index in [-0.39, 0.29) is 5.91 Å². The summed E-state index contributed by atoms with van der Waals surface area (Å²) in [5.74, 6) is 1.50. The van der Waals surface area contributed by atoms with Crippen LogP contribution in [0.3, 0.4) is 0 Å². The van der Waals surface area contributed by atoms with E-state index in [1.165, 1.54) is 11.3 Å². The maximum atomic E-state index is 12.4. The second-order valence-electron chi connectivity index (χ2n) is 6.86. The fourth-order valence-electron chi connectivity index (χ4n) is 3.59. The predicted octanol–water partition coefficient (Wildman–Crippen LogP) is 3.60. The molecule has 0 unspecified atom stereocenters. The molecule has 1 fully saturated rings. The number of piperidine rings is 1. The Morgan fingerprint density at radius 3 is 3.00 bits per heavy atom. The number of amides is 1. The van der Waals surface area contributed by atoms with Gasteiger partial charge in [-0.2, -0.15) is 0 Å². The van der Waals surface area contributed by atoms with Crippen molar-refractivity contribution in [1.82, 2.24) is 15.5 Å². The van der Waals surface area contributed by atoms with Crippen LogP contribution in [0.25, 0.3) is 11.3 Å². The zero-order valence-electron chi connectivity index (χ0n) is 14.9. The first kappa shape index (κ1) is 17.9. The fraction of sp³-hybridized carbons (Fsp3) is 0.350. The standard InChI is InChI=1S/C20H22N4O2S/c25-19(23-20-22-8-9-27-20)11-15-6-7-21-13-16(15)10-17-12-18(26-24-17)14-4-2-1-3-5-14/h1-5,8-9,12,15-16,21H,6-7,10-11,13H2,(H,22,23,25)/t15-,16+/m0/s1. The minimum atomic E-state index is 0.0342. The molecular weight excluding hydrogens is 360 g/mol. The average molecular weight is 382 g/mol. The molecule has 1 aromatic carbocycles. The minimum Gasteiger partial charge on any atom is -0.356 e. The van der Waals surface area contributed by atoms with Crippen LogP contribution in [0.1, 0.15) is 18.5 Å². The molecule has 0 aliphatic carbocycles. The molecule has 7 heteroatoms. The number of rotatable bonds is 6. The van der Waals surface area contributed by atoms with Crippen molar-refractivity contribution in [3.63, 3.8) is 0 Å². The molecule has 1 aliphatic rings. The van der Waals surface area contributed by atoms with Crippen molar-refractivity contribution < 1.29 is 9.32 Å². The van der Waals surface area contributed by atoms with E-state index >= 15 is 0 Å². The Labute approximate surface area is 162 Å². The molecule has 4 rings (SSSR count). The molecule has 0 spiro atoms. The molecule has 0 radical (unpaired) electrons. The molecular formula is C20H22N4O2S. The van der Waals surface area contributed by atoms with E-state index in [0.717, 1.165) is 42.9 Å². The smallest absolute Gasteiger partial charge is 0.226 e.